The van der Waals surface area contributed by atoms with E-state index in [9.17, 15) is 18.3 Å². The molecule has 1 aromatic heterocycles. The van der Waals surface area contributed by atoms with E-state index < -0.39 is 26.8 Å². The summed E-state index contributed by atoms with van der Waals surface area (Å²) in [5.41, 5.74) is 0.273. The molecule has 144 valence electrons. The Bertz CT molecular complexity index is 736. The van der Waals surface area contributed by atoms with Crippen LogP contribution in [0.4, 0.5) is 0 Å². The number of aliphatic hydroxyl groups is 1. The number of nitrogens with zero attached hydrogens (tertiary/aromatic N) is 2. The molecule has 0 saturated carbocycles. The SMILES string of the molecule is O=C(NO)C1(O)CNCCC1S(=O)(=O)N1CCC(c2cccnc2)CC1. The monoisotopic (exact) mass is 384 g/mol. The number of pyridine rings is 1. The van der Waals surface area contributed by atoms with Crippen molar-refractivity contribution in [1.29, 1.82) is 0 Å². The molecule has 1 aromatic rings. The largest absolute Gasteiger partial charge is 0.377 e. The molecule has 0 bridgehead atoms. The van der Waals surface area contributed by atoms with Gasteiger partial charge in [-0.1, -0.05) is 6.07 Å². The zero-order valence-corrected chi connectivity index (χ0v) is 15.2. The van der Waals surface area contributed by atoms with Crippen molar-refractivity contribution in [2.45, 2.75) is 36.0 Å². The molecule has 3 rings (SSSR count). The quantitative estimate of drug-likeness (QED) is 0.394. The highest BCUT2D eigenvalue weighted by Gasteiger charge is 2.53. The van der Waals surface area contributed by atoms with Crippen molar-refractivity contribution >= 4 is 15.9 Å². The van der Waals surface area contributed by atoms with E-state index in [1.54, 1.807) is 12.4 Å². The van der Waals surface area contributed by atoms with Gasteiger partial charge >= 0.3 is 0 Å². The van der Waals surface area contributed by atoms with Gasteiger partial charge in [0.1, 0.15) is 5.25 Å². The number of hydrogen-bond acceptors (Lipinski definition) is 7. The van der Waals surface area contributed by atoms with Crippen molar-refractivity contribution in [2.75, 3.05) is 26.2 Å². The second-order valence-corrected chi connectivity index (χ2v) is 8.94. The number of carbonyl (C=O) groups excluding carboxylic acids is 1. The van der Waals surface area contributed by atoms with Crippen LogP contribution in [0.15, 0.2) is 24.5 Å². The Hall–Kier alpha value is -1.59. The van der Waals surface area contributed by atoms with Gasteiger partial charge in [0.2, 0.25) is 10.0 Å². The second-order valence-electron chi connectivity index (χ2n) is 6.82. The molecule has 4 N–H and O–H groups in total. The molecule has 10 heteroatoms. The standard InChI is InChI=1S/C16H24N4O5S/c21-15(19-23)16(22)11-18-7-3-14(16)26(24,25)20-8-4-12(5-9-20)13-2-1-6-17-10-13/h1-2,6,10,12,14,18,22-23H,3-5,7-9,11H2,(H,19,21). The van der Waals surface area contributed by atoms with E-state index in [4.69, 9.17) is 5.21 Å². The summed E-state index contributed by atoms with van der Waals surface area (Å²) in [6, 6.07) is 3.85. The maximum Gasteiger partial charge on any atom is 0.278 e. The second kappa shape index (κ2) is 7.57. The molecule has 2 aliphatic rings. The third-order valence-electron chi connectivity index (χ3n) is 5.33. The summed E-state index contributed by atoms with van der Waals surface area (Å²) < 4.78 is 27.5. The molecule has 26 heavy (non-hydrogen) atoms. The lowest BCUT2D eigenvalue weighted by Crippen LogP contribution is -2.67. The Morgan fingerprint density at radius 3 is 2.69 bits per heavy atom. The smallest absolute Gasteiger partial charge is 0.278 e. The predicted octanol–water partition coefficient (Wildman–Crippen LogP) is -0.811. The van der Waals surface area contributed by atoms with Crippen LogP contribution in [-0.2, 0) is 14.8 Å². The summed E-state index contributed by atoms with van der Waals surface area (Å²) in [6.45, 7) is 0.789. The summed E-state index contributed by atoms with van der Waals surface area (Å²) in [7, 11) is -3.90. The predicted molar refractivity (Wildman–Crippen MR) is 92.9 cm³/mol. The number of carbonyl (C=O) groups is 1. The van der Waals surface area contributed by atoms with Gasteiger partial charge in [-0.2, -0.15) is 0 Å². The van der Waals surface area contributed by atoms with E-state index in [0.29, 0.717) is 32.5 Å². The van der Waals surface area contributed by atoms with Crippen molar-refractivity contribution in [1.82, 2.24) is 20.1 Å². The maximum absolute atomic E-state index is 13.1. The minimum Gasteiger partial charge on any atom is -0.377 e. The molecule has 2 atom stereocenters. The first-order valence-electron chi connectivity index (χ1n) is 8.66. The van der Waals surface area contributed by atoms with E-state index in [2.05, 4.69) is 10.3 Å². The highest BCUT2D eigenvalue weighted by molar-refractivity contribution is 7.89. The van der Waals surface area contributed by atoms with E-state index in [0.717, 1.165) is 5.56 Å². The van der Waals surface area contributed by atoms with E-state index in [1.807, 2.05) is 12.1 Å². The van der Waals surface area contributed by atoms with Crippen LogP contribution in [0.1, 0.15) is 30.7 Å². The van der Waals surface area contributed by atoms with Gasteiger partial charge in [-0.25, -0.2) is 18.2 Å². The summed E-state index contributed by atoms with van der Waals surface area (Å²) in [4.78, 5) is 16.0. The molecule has 9 nitrogen and oxygen atoms in total. The first kappa shape index (κ1) is 19.2. The summed E-state index contributed by atoms with van der Waals surface area (Å²) >= 11 is 0. The molecule has 3 heterocycles. The average Bonchev–Trinajstić information content (AvgIpc) is 2.68. The topological polar surface area (TPSA) is 132 Å². The lowest BCUT2D eigenvalue weighted by molar-refractivity contribution is -0.150. The molecule has 2 saturated heterocycles. The maximum atomic E-state index is 13.1. The van der Waals surface area contributed by atoms with Gasteiger partial charge in [0.25, 0.3) is 5.91 Å². The normalized spacial score (nSPS) is 28.6. The lowest BCUT2D eigenvalue weighted by Gasteiger charge is -2.41. The zero-order chi connectivity index (χ0) is 18.8. The van der Waals surface area contributed by atoms with Crippen LogP contribution >= 0.6 is 0 Å². The number of piperidine rings is 2. The summed E-state index contributed by atoms with van der Waals surface area (Å²) in [6.07, 6.45) is 4.90. The minimum atomic E-state index is -3.90. The van der Waals surface area contributed by atoms with E-state index in [-0.39, 0.29) is 18.9 Å². The first-order valence-corrected chi connectivity index (χ1v) is 10.2. The van der Waals surface area contributed by atoms with Gasteiger partial charge in [0.05, 0.1) is 0 Å². The fourth-order valence-electron chi connectivity index (χ4n) is 3.82. The first-order chi connectivity index (χ1) is 12.4. The number of hydroxylamine groups is 1. The van der Waals surface area contributed by atoms with Crippen molar-refractivity contribution < 1.29 is 23.5 Å². The molecule has 0 radical (unpaired) electrons. The van der Waals surface area contributed by atoms with Gasteiger partial charge in [-0.3, -0.25) is 15.0 Å². The zero-order valence-electron chi connectivity index (χ0n) is 14.3. The Morgan fingerprint density at radius 1 is 1.35 bits per heavy atom. The third-order valence-corrected chi connectivity index (χ3v) is 7.76. The van der Waals surface area contributed by atoms with Crippen molar-refractivity contribution in [3.05, 3.63) is 30.1 Å². The van der Waals surface area contributed by atoms with Crippen LogP contribution in [0.2, 0.25) is 0 Å². The molecule has 1 amide bonds. The highest BCUT2D eigenvalue weighted by Crippen LogP contribution is 2.33. The van der Waals surface area contributed by atoms with Crippen LogP contribution in [0.3, 0.4) is 0 Å². The Morgan fingerprint density at radius 2 is 2.08 bits per heavy atom. The van der Waals surface area contributed by atoms with E-state index in [1.165, 1.54) is 9.79 Å². The van der Waals surface area contributed by atoms with Crippen LogP contribution in [0, 0.1) is 0 Å². The number of β-amino-alcohol motifs (C(OH)–C–C–N with tert-alkyl or cyclic N) is 1. The Balaban J connectivity index is 1.75. The highest BCUT2D eigenvalue weighted by atomic mass is 32.2. The number of nitrogens with one attached hydrogen (secondary N) is 2. The number of amides is 1. The molecule has 2 aliphatic heterocycles. The van der Waals surface area contributed by atoms with Crippen molar-refractivity contribution in [3.8, 4) is 0 Å². The van der Waals surface area contributed by atoms with Gasteiger partial charge in [0, 0.05) is 32.0 Å². The van der Waals surface area contributed by atoms with Crippen molar-refractivity contribution in [3.63, 3.8) is 0 Å². The molecule has 2 unspecified atom stereocenters. The van der Waals surface area contributed by atoms with Crippen LogP contribution in [0.5, 0.6) is 0 Å². The molecule has 0 spiro atoms. The Kier molecular flexibility index (Phi) is 5.58. The van der Waals surface area contributed by atoms with Crippen molar-refractivity contribution in [2.24, 2.45) is 0 Å². The van der Waals surface area contributed by atoms with Crippen LogP contribution in [-0.4, -0.2) is 71.0 Å². The van der Waals surface area contributed by atoms with Crippen LogP contribution < -0.4 is 10.8 Å². The van der Waals surface area contributed by atoms with Gasteiger partial charge < -0.3 is 10.4 Å². The fraction of sp³-hybridized carbons (Fsp3) is 0.625. The third kappa shape index (κ3) is 3.47. The number of hydrogen-bond donors (Lipinski definition) is 4. The molecular weight excluding hydrogens is 360 g/mol. The van der Waals surface area contributed by atoms with Gasteiger partial charge in [0.15, 0.2) is 5.60 Å². The lowest BCUT2D eigenvalue weighted by atomic mass is 9.91. The summed E-state index contributed by atoms with van der Waals surface area (Å²) in [5.74, 6) is -0.869. The summed E-state index contributed by atoms with van der Waals surface area (Å²) in [5, 5.41) is 21.1. The Labute approximate surface area is 152 Å². The molecular formula is C16H24N4O5S. The number of rotatable bonds is 4. The molecule has 0 aliphatic carbocycles. The van der Waals surface area contributed by atoms with Crippen LogP contribution in [0.25, 0.3) is 0 Å². The van der Waals surface area contributed by atoms with E-state index >= 15 is 0 Å². The van der Waals surface area contributed by atoms with Gasteiger partial charge in [-0.05, 0) is 43.4 Å². The minimum absolute atomic E-state index is 0.0921. The number of sulfonamides is 1. The average molecular weight is 384 g/mol. The molecule has 0 aromatic carbocycles. The van der Waals surface area contributed by atoms with Gasteiger partial charge in [-0.15, -0.1) is 0 Å². The number of aromatic nitrogens is 1. The molecule has 2 fully saturated rings. The fourth-order valence-corrected chi connectivity index (χ4v) is 6.00.